The highest BCUT2D eigenvalue weighted by atomic mass is 16.6. The zero-order valence-electron chi connectivity index (χ0n) is 11.1. The first-order valence-corrected chi connectivity index (χ1v) is 6.38. The number of hydrogen-bond acceptors (Lipinski definition) is 4. The highest BCUT2D eigenvalue weighted by Gasteiger charge is 2.22. The monoisotopic (exact) mass is 256 g/mol. The Morgan fingerprint density at radius 3 is 2.37 bits per heavy atom. The summed E-state index contributed by atoms with van der Waals surface area (Å²) in [7, 11) is 0. The summed E-state index contributed by atoms with van der Waals surface area (Å²) < 4.78 is 10.7. The molecule has 2 heterocycles. The second kappa shape index (κ2) is 4.97. The highest BCUT2D eigenvalue weighted by Crippen LogP contribution is 2.21. The normalized spacial score (nSPS) is 17.3. The lowest BCUT2D eigenvalue weighted by atomic mass is 10.2. The number of nitrogens with zero attached hydrogens (tertiary/aromatic N) is 2. The van der Waals surface area contributed by atoms with Gasteiger partial charge < -0.3 is 9.47 Å². The van der Waals surface area contributed by atoms with Gasteiger partial charge in [-0.2, -0.15) is 0 Å². The maximum atomic E-state index is 5.60. The van der Waals surface area contributed by atoms with Gasteiger partial charge in [0.05, 0.1) is 6.61 Å². The van der Waals surface area contributed by atoms with Gasteiger partial charge in [0.25, 0.3) is 0 Å². The van der Waals surface area contributed by atoms with Crippen molar-refractivity contribution in [3.63, 3.8) is 0 Å². The van der Waals surface area contributed by atoms with Crippen molar-refractivity contribution in [3.05, 3.63) is 41.7 Å². The van der Waals surface area contributed by atoms with Crippen LogP contribution < -0.4 is 4.74 Å². The molecule has 1 aromatic heterocycles. The molecule has 1 aliphatic heterocycles. The molecule has 4 heteroatoms. The molecule has 98 valence electrons. The van der Waals surface area contributed by atoms with Gasteiger partial charge >= 0.3 is 0 Å². The van der Waals surface area contributed by atoms with Gasteiger partial charge in [0.15, 0.2) is 5.82 Å². The first-order valence-electron chi connectivity index (χ1n) is 6.38. The van der Waals surface area contributed by atoms with Crippen LogP contribution in [0.2, 0.25) is 0 Å². The predicted molar refractivity (Wildman–Crippen MR) is 72.2 cm³/mol. The van der Waals surface area contributed by atoms with E-state index < -0.39 is 0 Å². The van der Waals surface area contributed by atoms with E-state index in [0.717, 1.165) is 35.1 Å². The molecule has 1 unspecified atom stereocenters. The molecule has 0 amide bonds. The Kier molecular flexibility index (Phi) is 3.17. The van der Waals surface area contributed by atoms with E-state index in [2.05, 4.69) is 9.97 Å². The van der Waals surface area contributed by atoms with E-state index in [1.54, 1.807) is 0 Å². The van der Waals surface area contributed by atoms with Crippen molar-refractivity contribution in [3.8, 4) is 17.1 Å². The molecule has 19 heavy (non-hydrogen) atoms. The number of ether oxygens (including phenoxy) is 2. The van der Waals surface area contributed by atoms with Crippen LogP contribution in [0.1, 0.15) is 11.4 Å². The number of aromatic nitrogens is 2. The van der Waals surface area contributed by atoms with E-state index in [9.17, 15) is 0 Å². The molecule has 1 saturated heterocycles. The smallest absolute Gasteiger partial charge is 0.159 e. The van der Waals surface area contributed by atoms with E-state index >= 15 is 0 Å². The first kappa shape index (κ1) is 12.1. The summed E-state index contributed by atoms with van der Waals surface area (Å²) in [4.78, 5) is 8.89. The Morgan fingerprint density at radius 2 is 1.79 bits per heavy atom. The molecule has 4 nitrogen and oxygen atoms in total. The van der Waals surface area contributed by atoms with E-state index in [1.807, 2.05) is 44.2 Å². The summed E-state index contributed by atoms with van der Waals surface area (Å²) in [5.41, 5.74) is 2.96. The number of rotatable bonds is 4. The molecular weight excluding hydrogens is 240 g/mol. The third-order valence-corrected chi connectivity index (χ3v) is 2.93. The van der Waals surface area contributed by atoms with E-state index in [4.69, 9.17) is 9.47 Å². The maximum absolute atomic E-state index is 5.60. The molecule has 1 aliphatic rings. The fraction of sp³-hybridized carbons (Fsp3) is 0.333. The minimum atomic E-state index is 0.280. The standard InChI is InChI=1S/C15H16N2O2/c1-10-7-11(2)17-15(16-10)12-3-5-13(6-4-12)18-8-14-9-19-14/h3-7,14H,8-9H2,1-2H3. The quantitative estimate of drug-likeness (QED) is 0.789. The number of epoxide rings is 1. The van der Waals surface area contributed by atoms with E-state index in [-0.39, 0.29) is 6.10 Å². The lowest BCUT2D eigenvalue weighted by molar-refractivity contribution is 0.263. The molecule has 1 atom stereocenters. The van der Waals surface area contributed by atoms with Crippen molar-refractivity contribution >= 4 is 0 Å². The summed E-state index contributed by atoms with van der Waals surface area (Å²) in [6.45, 7) is 5.39. The minimum Gasteiger partial charge on any atom is -0.491 e. The average molecular weight is 256 g/mol. The largest absolute Gasteiger partial charge is 0.491 e. The lowest BCUT2D eigenvalue weighted by Gasteiger charge is -2.06. The molecule has 0 aliphatic carbocycles. The summed E-state index contributed by atoms with van der Waals surface area (Å²) in [6, 6.07) is 9.82. The number of benzene rings is 1. The summed E-state index contributed by atoms with van der Waals surface area (Å²) >= 11 is 0. The van der Waals surface area contributed by atoms with Gasteiger partial charge in [0, 0.05) is 17.0 Å². The van der Waals surface area contributed by atoms with Crippen LogP contribution >= 0.6 is 0 Å². The Labute approximate surface area is 112 Å². The Morgan fingerprint density at radius 1 is 1.16 bits per heavy atom. The SMILES string of the molecule is Cc1cc(C)nc(-c2ccc(OCC3CO3)cc2)n1. The van der Waals surface area contributed by atoms with Crippen molar-refractivity contribution < 1.29 is 9.47 Å². The van der Waals surface area contributed by atoms with Gasteiger partial charge in [0.1, 0.15) is 18.5 Å². The van der Waals surface area contributed by atoms with Crippen LogP contribution in [0, 0.1) is 13.8 Å². The minimum absolute atomic E-state index is 0.280. The van der Waals surface area contributed by atoms with Crippen LogP contribution in [0.3, 0.4) is 0 Å². The molecular formula is C15H16N2O2. The van der Waals surface area contributed by atoms with Gasteiger partial charge in [-0.3, -0.25) is 0 Å². The Hall–Kier alpha value is -1.94. The van der Waals surface area contributed by atoms with Crippen molar-refractivity contribution in [2.24, 2.45) is 0 Å². The van der Waals surface area contributed by atoms with Crippen LogP contribution in [-0.2, 0) is 4.74 Å². The second-order valence-corrected chi connectivity index (χ2v) is 4.77. The predicted octanol–water partition coefficient (Wildman–Crippen LogP) is 2.54. The van der Waals surface area contributed by atoms with Crippen molar-refractivity contribution in [2.45, 2.75) is 20.0 Å². The molecule has 0 spiro atoms. The third-order valence-electron chi connectivity index (χ3n) is 2.93. The van der Waals surface area contributed by atoms with Crippen LogP contribution in [0.25, 0.3) is 11.4 Å². The fourth-order valence-electron chi connectivity index (χ4n) is 1.91. The van der Waals surface area contributed by atoms with Crippen LogP contribution in [-0.4, -0.2) is 29.3 Å². The zero-order valence-corrected chi connectivity index (χ0v) is 11.1. The molecule has 0 bridgehead atoms. The maximum Gasteiger partial charge on any atom is 0.159 e. The van der Waals surface area contributed by atoms with Crippen molar-refractivity contribution in [1.82, 2.24) is 9.97 Å². The summed E-state index contributed by atoms with van der Waals surface area (Å²) in [5.74, 6) is 1.61. The first-order chi connectivity index (χ1) is 9.20. The van der Waals surface area contributed by atoms with Gasteiger partial charge in [-0.05, 0) is 44.2 Å². The highest BCUT2D eigenvalue weighted by molar-refractivity contribution is 5.56. The van der Waals surface area contributed by atoms with E-state index in [1.165, 1.54) is 0 Å². The van der Waals surface area contributed by atoms with Crippen LogP contribution in [0.5, 0.6) is 5.75 Å². The fourth-order valence-corrected chi connectivity index (χ4v) is 1.91. The van der Waals surface area contributed by atoms with Crippen LogP contribution in [0.4, 0.5) is 0 Å². The molecule has 1 aromatic carbocycles. The van der Waals surface area contributed by atoms with Gasteiger partial charge in [-0.1, -0.05) is 0 Å². The zero-order chi connectivity index (χ0) is 13.2. The second-order valence-electron chi connectivity index (χ2n) is 4.77. The lowest BCUT2D eigenvalue weighted by Crippen LogP contribution is -2.03. The molecule has 0 saturated carbocycles. The van der Waals surface area contributed by atoms with Gasteiger partial charge in [-0.25, -0.2) is 9.97 Å². The number of hydrogen-bond donors (Lipinski definition) is 0. The number of aryl methyl sites for hydroxylation is 2. The molecule has 1 fully saturated rings. The average Bonchev–Trinajstić information content (AvgIpc) is 3.20. The Balaban J connectivity index is 1.76. The molecule has 0 radical (unpaired) electrons. The summed E-state index contributed by atoms with van der Waals surface area (Å²) in [6.07, 6.45) is 0.280. The molecule has 3 rings (SSSR count). The van der Waals surface area contributed by atoms with Gasteiger partial charge in [0.2, 0.25) is 0 Å². The van der Waals surface area contributed by atoms with E-state index in [0.29, 0.717) is 6.61 Å². The molecule has 2 aromatic rings. The summed E-state index contributed by atoms with van der Waals surface area (Å²) in [5, 5.41) is 0. The van der Waals surface area contributed by atoms with Crippen LogP contribution in [0.15, 0.2) is 30.3 Å². The van der Waals surface area contributed by atoms with Crippen molar-refractivity contribution in [1.29, 1.82) is 0 Å². The third kappa shape index (κ3) is 3.09. The Bertz CT molecular complexity index is 557. The topological polar surface area (TPSA) is 47.5 Å². The van der Waals surface area contributed by atoms with Gasteiger partial charge in [-0.15, -0.1) is 0 Å². The molecule has 0 N–H and O–H groups in total. The van der Waals surface area contributed by atoms with Crippen molar-refractivity contribution in [2.75, 3.05) is 13.2 Å².